The number of hydrogen-bond acceptors (Lipinski definition) is 6. The first-order valence-electron chi connectivity index (χ1n) is 10.4. The third-order valence-corrected chi connectivity index (χ3v) is 5.51. The van der Waals surface area contributed by atoms with Crippen LogP contribution in [0.25, 0.3) is 5.82 Å². The highest BCUT2D eigenvalue weighted by Crippen LogP contribution is 2.28. The Labute approximate surface area is 176 Å². The molecular formula is C22H28N6O2. The highest BCUT2D eigenvalue weighted by molar-refractivity contribution is 5.58. The van der Waals surface area contributed by atoms with Gasteiger partial charge < -0.3 is 9.64 Å². The van der Waals surface area contributed by atoms with Crippen LogP contribution in [-0.4, -0.2) is 64.1 Å². The average Bonchev–Trinajstić information content (AvgIpc) is 3.33. The van der Waals surface area contributed by atoms with Crippen molar-refractivity contribution in [3.8, 4) is 11.6 Å². The fraction of sp³-hybridized carbons (Fsp3) is 0.409. The number of aromatic nitrogens is 4. The maximum absolute atomic E-state index is 12.1. The van der Waals surface area contributed by atoms with E-state index < -0.39 is 0 Å². The van der Waals surface area contributed by atoms with Gasteiger partial charge in [0.1, 0.15) is 12.1 Å². The van der Waals surface area contributed by atoms with E-state index in [1.807, 2.05) is 18.3 Å². The molecule has 0 spiro atoms. The topological polar surface area (TPSA) is 68.4 Å². The van der Waals surface area contributed by atoms with Gasteiger partial charge >= 0.3 is 0 Å². The van der Waals surface area contributed by atoms with Crippen LogP contribution in [0.3, 0.4) is 0 Å². The molecule has 2 aromatic heterocycles. The zero-order valence-corrected chi connectivity index (χ0v) is 17.4. The number of anilines is 1. The number of ether oxygens (including phenoxy) is 1. The van der Waals surface area contributed by atoms with Crippen molar-refractivity contribution in [3.05, 3.63) is 65.5 Å². The van der Waals surface area contributed by atoms with Crippen molar-refractivity contribution in [2.45, 2.75) is 19.4 Å². The first kappa shape index (κ1) is 20.2. The normalized spacial score (nSPS) is 14.8. The summed E-state index contributed by atoms with van der Waals surface area (Å²) >= 11 is 0. The van der Waals surface area contributed by atoms with Gasteiger partial charge in [0.15, 0.2) is 5.82 Å². The van der Waals surface area contributed by atoms with E-state index in [1.165, 1.54) is 5.69 Å². The Kier molecular flexibility index (Phi) is 6.44. The van der Waals surface area contributed by atoms with Crippen molar-refractivity contribution in [1.82, 2.24) is 24.2 Å². The largest absolute Gasteiger partial charge is 0.495 e. The van der Waals surface area contributed by atoms with Crippen molar-refractivity contribution in [2.24, 2.45) is 0 Å². The quantitative estimate of drug-likeness (QED) is 0.532. The van der Waals surface area contributed by atoms with E-state index >= 15 is 0 Å². The molecule has 0 saturated carbocycles. The van der Waals surface area contributed by atoms with Crippen LogP contribution < -0.4 is 15.2 Å². The Morgan fingerprint density at radius 3 is 2.57 bits per heavy atom. The summed E-state index contributed by atoms with van der Waals surface area (Å²) in [6, 6.07) is 11.5. The first-order valence-corrected chi connectivity index (χ1v) is 10.4. The summed E-state index contributed by atoms with van der Waals surface area (Å²) in [6.07, 6.45) is 7.17. The fourth-order valence-corrected chi connectivity index (χ4v) is 3.83. The summed E-state index contributed by atoms with van der Waals surface area (Å²) in [5, 5.41) is 4.45. The maximum Gasteiger partial charge on any atom is 0.266 e. The lowest BCUT2D eigenvalue weighted by Gasteiger charge is -2.36. The van der Waals surface area contributed by atoms with E-state index in [0.717, 1.165) is 51.3 Å². The number of para-hydroxylation sites is 2. The van der Waals surface area contributed by atoms with E-state index in [2.05, 4.69) is 32.0 Å². The summed E-state index contributed by atoms with van der Waals surface area (Å²) in [4.78, 5) is 21.0. The van der Waals surface area contributed by atoms with Crippen LogP contribution in [0, 0.1) is 0 Å². The number of imidazole rings is 1. The van der Waals surface area contributed by atoms with Gasteiger partial charge in [-0.1, -0.05) is 12.1 Å². The van der Waals surface area contributed by atoms with E-state index in [0.29, 0.717) is 12.4 Å². The molecule has 4 rings (SSSR count). The van der Waals surface area contributed by atoms with Crippen molar-refractivity contribution < 1.29 is 4.74 Å². The standard InChI is InChI=1S/C22H28N6O2/c1-30-20-7-3-2-6-19(20)26-16-14-25(15-17-26)11-4-5-12-28-22(29)9-8-21(24-28)27-13-10-23-18-27/h2-3,6-10,13,18H,4-5,11-12,14-17H2,1H3. The van der Waals surface area contributed by atoms with Crippen LogP contribution >= 0.6 is 0 Å². The molecule has 0 unspecified atom stereocenters. The zero-order chi connectivity index (χ0) is 20.8. The van der Waals surface area contributed by atoms with Crippen LogP contribution in [0.2, 0.25) is 0 Å². The molecule has 158 valence electrons. The second-order valence-electron chi connectivity index (χ2n) is 7.43. The van der Waals surface area contributed by atoms with Crippen LogP contribution in [0.1, 0.15) is 12.8 Å². The third-order valence-electron chi connectivity index (χ3n) is 5.51. The number of nitrogens with zero attached hydrogens (tertiary/aromatic N) is 6. The summed E-state index contributed by atoms with van der Waals surface area (Å²) in [6.45, 7) is 5.72. The SMILES string of the molecule is COc1ccccc1N1CCN(CCCCn2nc(-n3ccnc3)ccc2=O)CC1. The van der Waals surface area contributed by atoms with Gasteiger partial charge in [-0.2, -0.15) is 5.10 Å². The van der Waals surface area contributed by atoms with E-state index in [9.17, 15) is 4.79 Å². The van der Waals surface area contributed by atoms with Crippen LogP contribution in [0.5, 0.6) is 5.75 Å². The van der Waals surface area contributed by atoms with Crippen molar-refractivity contribution in [2.75, 3.05) is 44.7 Å². The number of piperazine rings is 1. The molecule has 0 aliphatic carbocycles. The Morgan fingerprint density at radius 2 is 1.80 bits per heavy atom. The molecule has 3 aromatic rings. The molecule has 0 radical (unpaired) electrons. The first-order chi connectivity index (χ1) is 14.7. The monoisotopic (exact) mass is 408 g/mol. The summed E-state index contributed by atoms with van der Waals surface area (Å²) in [5.41, 5.74) is 1.10. The molecule has 1 aliphatic rings. The summed E-state index contributed by atoms with van der Waals surface area (Å²) in [5.74, 6) is 1.64. The molecule has 0 N–H and O–H groups in total. The molecule has 30 heavy (non-hydrogen) atoms. The number of methoxy groups -OCH3 is 1. The van der Waals surface area contributed by atoms with Gasteiger partial charge in [0.25, 0.3) is 5.56 Å². The van der Waals surface area contributed by atoms with E-state index in [4.69, 9.17) is 4.74 Å². The molecular weight excluding hydrogens is 380 g/mol. The van der Waals surface area contributed by atoms with Gasteiger partial charge in [-0.25, -0.2) is 9.67 Å². The maximum atomic E-state index is 12.1. The van der Waals surface area contributed by atoms with E-state index in [1.54, 1.807) is 41.0 Å². The molecule has 8 heteroatoms. The van der Waals surface area contributed by atoms with Crippen molar-refractivity contribution in [3.63, 3.8) is 0 Å². The molecule has 0 atom stereocenters. The number of hydrogen-bond donors (Lipinski definition) is 0. The smallest absolute Gasteiger partial charge is 0.266 e. The Morgan fingerprint density at radius 1 is 1.00 bits per heavy atom. The molecule has 0 bridgehead atoms. The average molecular weight is 409 g/mol. The van der Waals surface area contributed by atoms with Crippen molar-refractivity contribution >= 4 is 5.69 Å². The van der Waals surface area contributed by atoms with Crippen LogP contribution in [0.15, 0.2) is 59.9 Å². The van der Waals surface area contributed by atoms with Crippen molar-refractivity contribution in [1.29, 1.82) is 0 Å². The minimum atomic E-state index is -0.0655. The highest BCUT2D eigenvalue weighted by atomic mass is 16.5. The van der Waals surface area contributed by atoms with E-state index in [-0.39, 0.29) is 5.56 Å². The fourth-order valence-electron chi connectivity index (χ4n) is 3.83. The second kappa shape index (κ2) is 9.58. The number of rotatable bonds is 8. The molecule has 1 saturated heterocycles. The molecule has 0 amide bonds. The lowest BCUT2D eigenvalue weighted by molar-refractivity contribution is 0.250. The molecule has 8 nitrogen and oxygen atoms in total. The van der Waals surface area contributed by atoms with Gasteiger partial charge in [-0.3, -0.25) is 14.3 Å². The Hall–Kier alpha value is -3.13. The third kappa shape index (κ3) is 4.71. The summed E-state index contributed by atoms with van der Waals surface area (Å²) in [7, 11) is 1.72. The van der Waals surface area contributed by atoms with Crippen LogP contribution in [-0.2, 0) is 6.54 Å². The number of aryl methyl sites for hydroxylation is 1. The van der Waals surface area contributed by atoms with Gasteiger partial charge in [0, 0.05) is 51.2 Å². The number of benzene rings is 1. The Bertz CT molecular complexity index is 993. The zero-order valence-electron chi connectivity index (χ0n) is 17.4. The minimum Gasteiger partial charge on any atom is -0.495 e. The molecule has 3 heterocycles. The minimum absolute atomic E-state index is 0.0655. The van der Waals surface area contributed by atoms with Gasteiger partial charge in [-0.05, 0) is 37.6 Å². The van der Waals surface area contributed by atoms with Gasteiger partial charge in [0.05, 0.1) is 12.8 Å². The second-order valence-corrected chi connectivity index (χ2v) is 7.43. The van der Waals surface area contributed by atoms with Crippen LogP contribution in [0.4, 0.5) is 5.69 Å². The molecule has 1 aromatic carbocycles. The highest BCUT2D eigenvalue weighted by Gasteiger charge is 2.19. The predicted octanol–water partition coefficient (Wildman–Crippen LogP) is 2.04. The van der Waals surface area contributed by atoms with Gasteiger partial charge in [-0.15, -0.1) is 0 Å². The van der Waals surface area contributed by atoms with Gasteiger partial charge in [0.2, 0.25) is 0 Å². The lowest BCUT2D eigenvalue weighted by atomic mass is 10.2. The molecule has 1 fully saturated rings. The number of unbranched alkanes of at least 4 members (excludes halogenated alkanes) is 1. The lowest BCUT2D eigenvalue weighted by Crippen LogP contribution is -2.46. The summed E-state index contributed by atoms with van der Waals surface area (Å²) < 4.78 is 8.85. The predicted molar refractivity (Wildman–Crippen MR) is 117 cm³/mol. The molecule has 1 aliphatic heterocycles. The Balaban J connectivity index is 1.24.